The highest BCUT2D eigenvalue weighted by molar-refractivity contribution is 5.91. The molecule has 1 atom stereocenters. The number of methoxy groups -OCH3 is 1. The fraction of sp³-hybridized carbons (Fsp3) is 0.143. The maximum Gasteiger partial charge on any atom is 0.375 e. The fourth-order valence-electron chi connectivity index (χ4n) is 2.58. The maximum absolute atomic E-state index is 12.8. The first-order valence-corrected chi connectivity index (χ1v) is 8.38. The summed E-state index contributed by atoms with van der Waals surface area (Å²) < 4.78 is 15.8. The molecule has 0 saturated carbocycles. The number of esters is 1. The van der Waals surface area contributed by atoms with Crippen LogP contribution < -0.4 is 10.1 Å². The number of furan rings is 1. The van der Waals surface area contributed by atoms with Gasteiger partial charge in [0, 0.05) is 12.1 Å². The van der Waals surface area contributed by atoms with Crippen molar-refractivity contribution < 1.29 is 23.5 Å². The predicted molar refractivity (Wildman–Crippen MR) is 98.1 cm³/mol. The third-order valence-corrected chi connectivity index (χ3v) is 3.92. The average Bonchev–Trinajstić information content (AvgIpc) is 3.26. The van der Waals surface area contributed by atoms with Gasteiger partial charge in [-0.25, -0.2) is 4.79 Å². The number of hydrogen-bond donors (Lipinski definition) is 1. The van der Waals surface area contributed by atoms with E-state index in [0.717, 1.165) is 5.56 Å². The van der Waals surface area contributed by atoms with Crippen LogP contribution in [0, 0.1) is 0 Å². The highest BCUT2D eigenvalue weighted by atomic mass is 16.6. The van der Waals surface area contributed by atoms with Crippen LogP contribution >= 0.6 is 0 Å². The number of nitrogens with one attached hydrogen (secondary N) is 1. The van der Waals surface area contributed by atoms with Crippen molar-refractivity contribution in [2.24, 2.45) is 0 Å². The van der Waals surface area contributed by atoms with Gasteiger partial charge in [0.15, 0.2) is 0 Å². The summed E-state index contributed by atoms with van der Waals surface area (Å²) in [5, 5.41) is 2.80. The van der Waals surface area contributed by atoms with Crippen LogP contribution in [0.2, 0.25) is 0 Å². The second-order valence-corrected chi connectivity index (χ2v) is 5.71. The minimum absolute atomic E-state index is 0.0192. The van der Waals surface area contributed by atoms with E-state index in [1.54, 1.807) is 30.3 Å². The summed E-state index contributed by atoms with van der Waals surface area (Å²) in [7, 11) is 1.49. The molecule has 6 heteroatoms. The van der Waals surface area contributed by atoms with E-state index in [4.69, 9.17) is 13.9 Å². The molecule has 0 unspecified atom stereocenters. The molecule has 0 bridgehead atoms. The van der Waals surface area contributed by atoms with Gasteiger partial charge in [-0.15, -0.1) is 0 Å². The molecule has 0 aliphatic carbocycles. The zero-order valence-electron chi connectivity index (χ0n) is 14.8. The summed E-state index contributed by atoms with van der Waals surface area (Å²) in [5.41, 5.74) is 1.38. The lowest BCUT2D eigenvalue weighted by atomic mass is 10.1. The van der Waals surface area contributed by atoms with Gasteiger partial charge in [-0.1, -0.05) is 48.5 Å². The number of para-hydroxylation sites is 1. The van der Waals surface area contributed by atoms with Crippen LogP contribution in [0.5, 0.6) is 5.75 Å². The molecular formula is C21H19NO5. The van der Waals surface area contributed by atoms with Crippen LogP contribution in [0.15, 0.2) is 77.4 Å². The number of benzene rings is 2. The minimum Gasteiger partial charge on any atom is -0.496 e. The van der Waals surface area contributed by atoms with E-state index in [1.807, 2.05) is 30.3 Å². The smallest absolute Gasteiger partial charge is 0.375 e. The van der Waals surface area contributed by atoms with E-state index in [9.17, 15) is 9.59 Å². The van der Waals surface area contributed by atoms with Gasteiger partial charge >= 0.3 is 5.97 Å². The summed E-state index contributed by atoms with van der Waals surface area (Å²) in [6.45, 7) is 0.309. The second-order valence-electron chi connectivity index (χ2n) is 5.71. The van der Waals surface area contributed by atoms with Crippen molar-refractivity contribution in [1.29, 1.82) is 0 Å². The Hall–Kier alpha value is -3.54. The van der Waals surface area contributed by atoms with E-state index in [0.29, 0.717) is 17.9 Å². The monoisotopic (exact) mass is 365 g/mol. The van der Waals surface area contributed by atoms with E-state index in [1.165, 1.54) is 19.4 Å². The fourth-order valence-corrected chi connectivity index (χ4v) is 2.58. The van der Waals surface area contributed by atoms with Crippen molar-refractivity contribution in [3.05, 3.63) is 89.9 Å². The topological polar surface area (TPSA) is 77.8 Å². The third kappa shape index (κ3) is 4.55. The number of ether oxygens (including phenoxy) is 2. The maximum atomic E-state index is 12.8. The predicted octanol–water partition coefficient (Wildman–Crippen LogP) is 3.50. The van der Waals surface area contributed by atoms with E-state index >= 15 is 0 Å². The van der Waals surface area contributed by atoms with Crippen LogP contribution in [0.25, 0.3) is 0 Å². The van der Waals surface area contributed by atoms with Gasteiger partial charge in [0.25, 0.3) is 5.91 Å². The molecule has 1 aromatic heterocycles. The molecule has 3 rings (SSSR count). The molecule has 0 aliphatic rings. The summed E-state index contributed by atoms with van der Waals surface area (Å²) in [4.78, 5) is 25.1. The third-order valence-electron chi connectivity index (χ3n) is 3.92. The average molecular weight is 365 g/mol. The second kappa shape index (κ2) is 8.71. The molecule has 0 spiro atoms. The van der Waals surface area contributed by atoms with E-state index in [-0.39, 0.29) is 5.76 Å². The zero-order chi connectivity index (χ0) is 19.1. The molecule has 0 aliphatic heterocycles. The molecule has 1 N–H and O–H groups in total. The number of amides is 1. The van der Waals surface area contributed by atoms with Gasteiger partial charge in [-0.2, -0.15) is 0 Å². The molecule has 0 fully saturated rings. The van der Waals surface area contributed by atoms with Gasteiger partial charge in [0.1, 0.15) is 5.75 Å². The Morgan fingerprint density at radius 2 is 1.74 bits per heavy atom. The Bertz CT molecular complexity index is 890. The number of carbonyl (C=O) groups is 2. The van der Waals surface area contributed by atoms with Gasteiger partial charge in [0.2, 0.25) is 11.9 Å². The SMILES string of the molecule is COc1ccccc1[C@@H](OC(=O)c1ccco1)C(=O)NCc1ccccc1. The summed E-state index contributed by atoms with van der Waals surface area (Å²) in [5.74, 6) is -0.718. The first kappa shape index (κ1) is 18.3. The Morgan fingerprint density at radius 1 is 1.00 bits per heavy atom. The molecule has 1 heterocycles. The normalized spacial score (nSPS) is 11.4. The van der Waals surface area contributed by atoms with Crippen molar-refractivity contribution in [3.63, 3.8) is 0 Å². The quantitative estimate of drug-likeness (QED) is 0.649. The first-order chi connectivity index (χ1) is 13.2. The molecule has 1 amide bonds. The number of rotatable bonds is 7. The van der Waals surface area contributed by atoms with Gasteiger partial charge in [0.05, 0.1) is 13.4 Å². The highest BCUT2D eigenvalue weighted by Crippen LogP contribution is 2.28. The Balaban J connectivity index is 1.82. The van der Waals surface area contributed by atoms with E-state index < -0.39 is 18.0 Å². The molecule has 27 heavy (non-hydrogen) atoms. The number of hydrogen-bond acceptors (Lipinski definition) is 5. The lowest BCUT2D eigenvalue weighted by Crippen LogP contribution is -2.32. The molecule has 3 aromatic rings. The van der Waals surface area contributed by atoms with Gasteiger partial charge in [-0.05, 0) is 23.8 Å². The Kier molecular flexibility index (Phi) is 5.89. The van der Waals surface area contributed by atoms with Crippen molar-refractivity contribution in [2.45, 2.75) is 12.6 Å². The zero-order valence-corrected chi connectivity index (χ0v) is 14.8. The number of carbonyl (C=O) groups excluding carboxylic acids is 2. The van der Waals surface area contributed by atoms with Crippen molar-refractivity contribution >= 4 is 11.9 Å². The molecule has 6 nitrogen and oxygen atoms in total. The minimum atomic E-state index is -1.18. The molecule has 0 saturated heterocycles. The van der Waals surface area contributed by atoms with Crippen LogP contribution in [-0.4, -0.2) is 19.0 Å². The van der Waals surface area contributed by atoms with Crippen molar-refractivity contribution in [1.82, 2.24) is 5.32 Å². The Labute approximate surface area is 156 Å². The lowest BCUT2D eigenvalue weighted by molar-refractivity contribution is -0.130. The van der Waals surface area contributed by atoms with Gasteiger partial charge in [-0.3, -0.25) is 4.79 Å². The van der Waals surface area contributed by atoms with Crippen molar-refractivity contribution in [3.8, 4) is 5.75 Å². The Morgan fingerprint density at radius 3 is 2.44 bits per heavy atom. The van der Waals surface area contributed by atoms with Crippen LogP contribution in [0.3, 0.4) is 0 Å². The highest BCUT2D eigenvalue weighted by Gasteiger charge is 2.29. The van der Waals surface area contributed by atoms with E-state index in [2.05, 4.69) is 5.32 Å². The van der Waals surface area contributed by atoms with Crippen LogP contribution in [-0.2, 0) is 16.1 Å². The van der Waals surface area contributed by atoms with Crippen molar-refractivity contribution in [2.75, 3.05) is 7.11 Å². The summed E-state index contributed by atoms with van der Waals surface area (Å²) >= 11 is 0. The largest absolute Gasteiger partial charge is 0.496 e. The van der Waals surface area contributed by atoms with Gasteiger partial charge < -0.3 is 19.2 Å². The van der Waals surface area contributed by atoms with Crippen LogP contribution in [0.4, 0.5) is 0 Å². The summed E-state index contributed by atoms with van der Waals surface area (Å²) in [6.07, 6.45) is 0.187. The standard InChI is InChI=1S/C21H19NO5/c1-25-17-11-6-5-10-16(17)19(27-21(24)18-12-7-13-26-18)20(23)22-14-15-8-3-2-4-9-15/h2-13,19H,14H2,1H3,(H,22,23)/t19-/m1/s1. The molecular weight excluding hydrogens is 346 g/mol. The summed E-state index contributed by atoms with van der Waals surface area (Å²) in [6, 6.07) is 19.4. The van der Waals surface area contributed by atoms with Crippen LogP contribution in [0.1, 0.15) is 27.8 Å². The molecule has 2 aromatic carbocycles. The first-order valence-electron chi connectivity index (χ1n) is 8.38. The molecule has 138 valence electrons. The molecule has 0 radical (unpaired) electrons. The lowest BCUT2D eigenvalue weighted by Gasteiger charge is -2.19.